The largest absolute Gasteiger partial charge is 0.507 e. The van der Waals surface area contributed by atoms with E-state index < -0.39 is 23.7 Å². The third-order valence-electron chi connectivity index (χ3n) is 7.65. The summed E-state index contributed by atoms with van der Waals surface area (Å²) in [6.45, 7) is 13.2. The molecule has 2 heterocycles. The normalized spacial score (nSPS) is 15.6. The van der Waals surface area contributed by atoms with Crippen LogP contribution < -0.4 is 19.1 Å². The van der Waals surface area contributed by atoms with Gasteiger partial charge in [-0.15, -0.1) is 0 Å². The summed E-state index contributed by atoms with van der Waals surface area (Å²) in [6.07, 6.45) is 4.88. The molecule has 2 aromatic carbocycles. The van der Waals surface area contributed by atoms with E-state index >= 15 is 0 Å². The average Bonchev–Trinajstić information content (AvgIpc) is 3.58. The van der Waals surface area contributed by atoms with Crippen molar-refractivity contribution >= 4 is 39.9 Å². The summed E-state index contributed by atoms with van der Waals surface area (Å²) in [7, 11) is 0. The van der Waals surface area contributed by atoms with E-state index in [1.165, 1.54) is 4.90 Å². The van der Waals surface area contributed by atoms with E-state index in [2.05, 4.69) is 18.8 Å². The molecule has 0 aliphatic carbocycles. The first-order valence-corrected chi connectivity index (χ1v) is 17.5. The molecule has 0 radical (unpaired) electrons. The van der Waals surface area contributed by atoms with Gasteiger partial charge in [0.1, 0.15) is 16.4 Å². The first kappa shape index (κ1) is 36.5. The molecule has 10 nitrogen and oxygen atoms in total. The summed E-state index contributed by atoms with van der Waals surface area (Å²) in [4.78, 5) is 46.6. The molecular formula is C37H46N2O8S. The van der Waals surface area contributed by atoms with Crippen LogP contribution in [0.4, 0.5) is 5.13 Å². The second kappa shape index (κ2) is 17.1. The maximum atomic E-state index is 13.8. The predicted molar refractivity (Wildman–Crippen MR) is 186 cm³/mol. The van der Waals surface area contributed by atoms with Crippen molar-refractivity contribution in [1.29, 1.82) is 0 Å². The molecular weight excluding hydrogens is 632 g/mol. The number of carbonyl (C=O) groups is 3. The lowest BCUT2D eigenvalue weighted by Crippen LogP contribution is -2.29. The summed E-state index contributed by atoms with van der Waals surface area (Å²) in [5.74, 6) is -0.916. The van der Waals surface area contributed by atoms with Gasteiger partial charge in [0.2, 0.25) is 0 Å². The fourth-order valence-electron chi connectivity index (χ4n) is 5.14. The summed E-state index contributed by atoms with van der Waals surface area (Å²) in [5.41, 5.74) is 1.09. The minimum absolute atomic E-state index is 0.115. The van der Waals surface area contributed by atoms with E-state index in [0.717, 1.165) is 43.4 Å². The van der Waals surface area contributed by atoms with E-state index in [9.17, 15) is 19.5 Å². The molecule has 4 rings (SSSR count). The number of carbonyl (C=O) groups excluding carboxylic acids is 3. The van der Waals surface area contributed by atoms with Crippen molar-refractivity contribution in [1.82, 2.24) is 4.98 Å². The number of anilines is 1. The molecule has 1 fully saturated rings. The second-order valence-corrected chi connectivity index (χ2v) is 13.0. The first-order valence-electron chi connectivity index (χ1n) is 16.7. The molecule has 0 bridgehead atoms. The van der Waals surface area contributed by atoms with Crippen LogP contribution in [0.1, 0.15) is 99.3 Å². The fourth-order valence-corrected chi connectivity index (χ4v) is 6.13. The number of rotatable bonds is 17. The van der Waals surface area contributed by atoms with Gasteiger partial charge in [-0.25, -0.2) is 9.78 Å². The second-order valence-electron chi connectivity index (χ2n) is 12.0. The van der Waals surface area contributed by atoms with Gasteiger partial charge in [0.25, 0.3) is 5.78 Å². The Bertz CT molecular complexity index is 1610. The molecule has 1 aliphatic rings. The van der Waals surface area contributed by atoms with Crippen LogP contribution in [0.5, 0.6) is 17.2 Å². The van der Waals surface area contributed by atoms with E-state index in [1.54, 1.807) is 49.4 Å². The molecule has 1 atom stereocenters. The number of unbranched alkanes of at least 4 members (excludes halogenated alkanes) is 3. The highest BCUT2D eigenvalue weighted by Gasteiger charge is 2.48. The van der Waals surface area contributed by atoms with Gasteiger partial charge in [0.05, 0.1) is 43.7 Å². The van der Waals surface area contributed by atoms with Gasteiger partial charge in [-0.1, -0.05) is 64.4 Å². The van der Waals surface area contributed by atoms with Crippen molar-refractivity contribution in [2.75, 3.05) is 31.3 Å². The van der Waals surface area contributed by atoms with Crippen LogP contribution in [0.2, 0.25) is 0 Å². The van der Waals surface area contributed by atoms with Gasteiger partial charge in [0, 0.05) is 5.56 Å². The van der Waals surface area contributed by atoms with E-state index in [4.69, 9.17) is 18.9 Å². The third-order valence-corrected chi connectivity index (χ3v) is 8.79. The summed E-state index contributed by atoms with van der Waals surface area (Å²) >= 11 is 0.965. The van der Waals surface area contributed by atoms with Gasteiger partial charge < -0.3 is 24.1 Å². The van der Waals surface area contributed by atoms with Crippen molar-refractivity contribution in [2.24, 2.45) is 5.92 Å². The summed E-state index contributed by atoms with van der Waals surface area (Å²) in [5, 5.41) is 11.8. The predicted octanol–water partition coefficient (Wildman–Crippen LogP) is 8.04. The zero-order valence-electron chi connectivity index (χ0n) is 28.7. The number of aromatic nitrogens is 1. The number of hydrogen-bond acceptors (Lipinski definition) is 10. The number of aryl methyl sites for hydroxylation is 1. The minimum Gasteiger partial charge on any atom is -0.507 e. The van der Waals surface area contributed by atoms with E-state index in [0.29, 0.717) is 53.9 Å². The smallest absolute Gasteiger partial charge is 0.350 e. The number of benzene rings is 2. The Labute approximate surface area is 286 Å². The number of esters is 1. The van der Waals surface area contributed by atoms with Crippen molar-refractivity contribution < 1.29 is 38.4 Å². The quantitative estimate of drug-likeness (QED) is 0.0497. The highest BCUT2D eigenvalue weighted by atomic mass is 32.1. The number of hydrogen-bond donors (Lipinski definition) is 1. The molecule has 11 heteroatoms. The van der Waals surface area contributed by atoms with Gasteiger partial charge in [-0.2, -0.15) is 0 Å². The van der Waals surface area contributed by atoms with E-state index in [-0.39, 0.29) is 33.9 Å². The molecule has 1 amide bonds. The SMILES string of the molecule is CCCCCOc1ccc(C2/C(=C(\O)c3ccc(OCCCC)cc3)C(=O)C(=O)N2c2nc(C)c(C(=O)OCC(C)C)s2)cc1OCC. The van der Waals surface area contributed by atoms with Crippen molar-refractivity contribution in [2.45, 2.75) is 79.7 Å². The molecule has 1 aromatic heterocycles. The minimum atomic E-state index is -1.08. The lowest BCUT2D eigenvalue weighted by Gasteiger charge is -2.24. The topological polar surface area (TPSA) is 124 Å². The zero-order valence-corrected chi connectivity index (χ0v) is 29.5. The number of amides is 1. The number of aliphatic hydroxyl groups is 1. The Hall–Kier alpha value is -4.38. The molecule has 0 spiro atoms. The number of thiazole rings is 1. The Morgan fingerprint density at radius 3 is 2.31 bits per heavy atom. The van der Waals surface area contributed by atoms with E-state index in [1.807, 2.05) is 20.8 Å². The number of ether oxygens (including phenoxy) is 4. The van der Waals surface area contributed by atoms with Gasteiger partial charge in [-0.05, 0) is 74.6 Å². The number of aliphatic hydroxyl groups excluding tert-OH is 1. The van der Waals surface area contributed by atoms with Crippen LogP contribution in [-0.4, -0.2) is 54.2 Å². The standard InChI is InChI=1S/C37H46N2O8S/c1-7-10-12-20-46-28-18-15-26(21-29(28)44-9-3)31-30(32(40)25-13-16-27(17-14-25)45-19-11-8-2)33(41)35(42)39(31)37-38-24(6)34(48-37)36(43)47-22-23(4)5/h13-18,21,23,31,40H,7-12,19-20,22H2,1-6H3/b32-30+. The summed E-state index contributed by atoms with van der Waals surface area (Å²) < 4.78 is 23.2. The molecule has 1 unspecified atom stereocenters. The molecule has 0 saturated carbocycles. The van der Waals surface area contributed by atoms with Crippen molar-refractivity contribution in [3.63, 3.8) is 0 Å². The zero-order chi connectivity index (χ0) is 34.8. The third kappa shape index (κ3) is 8.55. The molecule has 48 heavy (non-hydrogen) atoms. The number of ketones is 1. The Morgan fingerprint density at radius 2 is 1.65 bits per heavy atom. The highest BCUT2D eigenvalue weighted by Crippen LogP contribution is 2.45. The van der Waals surface area contributed by atoms with Crippen LogP contribution >= 0.6 is 11.3 Å². The Kier molecular flexibility index (Phi) is 13.0. The molecule has 1 aliphatic heterocycles. The number of Topliss-reactive ketones (excluding diaryl/α,β-unsaturated/α-hetero) is 1. The van der Waals surface area contributed by atoms with Gasteiger partial charge in [-0.3, -0.25) is 14.5 Å². The average molecular weight is 679 g/mol. The van der Waals surface area contributed by atoms with Crippen LogP contribution in [0.15, 0.2) is 48.0 Å². The molecule has 3 aromatic rings. The van der Waals surface area contributed by atoms with Crippen LogP contribution in [0.25, 0.3) is 5.76 Å². The maximum Gasteiger partial charge on any atom is 0.350 e. The maximum absolute atomic E-state index is 13.8. The fraction of sp³-hybridized carbons (Fsp3) is 0.459. The lowest BCUT2D eigenvalue weighted by atomic mass is 9.95. The van der Waals surface area contributed by atoms with Crippen LogP contribution in [0.3, 0.4) is 0 Å². The number of nitrogens with zero attached hydrogens (tertiary/aromatic N) is 2. The van der Waals surface area contributed by atoms with Crippen LogP contribution in [-0.2, 0) is 14.3 Å². The lowest BCUT2D eigenvalue weighted by molar-refractivity contribution is -0.132. The van der Waals surface area contributed by atoms with Gasteiger partial charge >= 0.3 is 11.9 Å². The molecule has 1 saturated heterocycles. The van der Waals surface area contributed by atoms with Crippen molar-refractivity contribution in [3.8, 4) is 17.2 Å². The monoisotopic (exact) mass is 678 g/mol. The first-order chi connectivity index (χ1) is 23.1. The molecule has 258 valence electrons. The highest BCUT2D eigenvalue weighted by molar-refractivity contribution is 7.17. The summed E-state index contributed by atoms with van der Waals surface area (Å²) in [6, 6.07) is 10.9. The Morgan fingerprint density at radius 1 is 0.938 bits per heavy atom. The van der Waals surface area contributed by atoms with Crippen LogP contribution in [0, 0.1) is 12.8 Å². The molecule has 1 N–H and O–H groups in total. The van der Waals surface area contributed by atoms with Gasteiger partial charge in [0.15, 0.2) is 16.6 Å². The Balaban J connectivity index is 1.82. The van der Waals surface area contributed by atoms with Crippen molar-refractivity contribution in [3.05, 3.63) is 69.7 Å².